The molecular weight excluding hydrogens is 228 g/mol. The Labute approximate surface area is 99.3 Å². The molecule has 0 amide bonds. The van der Waals surface area contributed by atoms with E-state index in [1.165, 1.54) is 0 Å². The molecule has 4 heteroatoms. The van der Waals surface area contributed by atoms with Gasteiger partial charge in [0.25, 0.3) is 0 Å². The van der Waals surface area contributed by atoms with Gasteiger partial charge in [-0.2, -0.15) is 0 Å². The molecule has 1 aromatic rings. The lowest BCUT2D eigenvalue weighted by Crippen LogP contribution is -2.47. The third-order valence-corrected chi connectivity index (χ3v) is 3.39. The quantitative estimate of drug-likeness (QED) is 0.708. The van der Waals surface area contributed by atoms with Crippen molar-refractivity contribution in [3.8, 4) is 11.5 Å². The Balaban J connectivity index is 2.51. The van der Waals surface area contributed by atoms with E-state index in [0.29, 0.717) is 17.1 Å². The van der Waals surface area contributed by atoms with E-state index in [4.69, 9.17) is 21.1 Å². The van der Waals surface area contributed by atoms with E-state index in [1.54, 1.807) is 39.2 Å². The van der Waals surface area contributed by atoms with Gasteiger partial charge in [-0.15, -0.1) is 11.6 Å². The highest BCUT2D eigenvalue weighted by Crippen LogP contribution is 2.37. The number of alkyl halides is 1. The zero-order valence-corrected chi connectivity index (χ0v) is 10.2. The number of benzene rings is 1. The van der Waals surface area contributed by atoms with Crippen LogP contribution in [0.1, 0.15) is 24.2 Å². The van der Waals surface area contributed by atoms with E-state index in [0.717, 1.165) is 0 Å². The van der Waals surface area contributed by atoms with Crippen molar-refractivity contribution in [2.75, 3.05) is 7.11 Å². The Morgan fingerprint density at radius 1 is 1.44 bits per heavy atom. The van der Waals surface area contributed by atoms with Crippen molar-refractivity contribution in [3.63, 3.8) is 0 Å². The van der Waals surface area contributed by atoms with E-state index >= 15 is 0 Å². The second kappa shape index (κ2) is 3.67. The number of fused-ring (bicyclic) bond motifs is 1. The van der Waals surface area contributed by atoms with E-state index < -0.39 is 11.0 Å². The monoisotopic (exact) mass is 240 g/mol. The van der Waals surface area contributed by atoms with Gasteiger partial charge in [-0.1, -0.05) is 0 Å². The number of hydrogen-bond acceptors (Lipinski definition) is 3. The molecule has 1 aliphatic rings. The predicted octanol–water partition coefficient (Wildman–Crippen LogP) is 2.66. The lowest BCUT2D eigenvalue weighted by atomic mass is 9.92. The van der Waals surface area contributed by atoms with Crippen molar-refractivity contribution >= 4 is 17.4 Å². The van der Waals surface area contributed by atoms with Crippen LogP contribution in [0, 0.1) is 0 Å². The van der Waals surface area contributed by atoms with Gasteiger partial charge in [0.15, 0.2) is 5.78 Å². The summed E-state index contributed by atoms with van der Waals surface area (Å²) in [5.41, 5.74) is -0.182. The van der Waals surface area contributed by atoms with Gasteiger partial charge in [0.05, 0.1) is 12.7 Å². The molecule has 0 spiro atoms. The van der Waals surface area contributed by atoms with Gasteiger partial charge in [0.2, 0.25) is 0 Å². The van der Waals surface area contributed by atoms with Crippen LogP contribution in [0.3, 0.4) is 0 Å². The summed E-state index contributed by atoms with van der Waals surface area (Å²) in [6.45, 7) is 3.59. The Bertz CT molecular complexity index is 440. The van der Waals surface area contributed by atoms with Crippen LogP contribution < -0.4 is 9.47 Å². The van der Waals surface area contributed by atoms with E-state index in [9.17, 15) is 4.79 Å². The van der Waals surface area contributed by atoms with Crippen molar-refractivity contribution in [2.45, 2.75) is 24.8 Å². The maximum Gasteiger partial charge on any atom is 0.188 e. The third-order valence-electron chi connectivity index (χ3n) is 2.67. The fourth-order valence-electron chi connectivity index (χ4n) is 1.71. The standard InChI is InChI=1S/C12H13ClO3/c1-12(2)11(13)10(14)8-5-4-7(15-3)6-9(8)16-12/h4-6,11H,1-3H3. The average molecular weight is 241 g/mol. The van der Waals surface area contributed by atoms with Crippen LogP contribution in [0.25, 0.3) is 0 Å². The molecule has 0 radical (unpaired) electrons. The SMILES string of the molecule is COc1ccc2c(c1)OC(C)(C)C(Cl)C2=O. The fraction of sp³-hybridized carbons (Fsp3) is 0.417. The molecule has 16 heavy (non-hydrogen) atoms. The molecule has 1 aromatic carbocycles. The van der Waals surface area contributed by atoms with Crippen molar-refractivity contribution in [3.05, 3.63) is 23.8 Å². The first-order chi connectivity index (χ1) is 7.45. The molecule has 3 nitrogen and oxygen atoms in total. The minimum Gasteiger partial charge on any atom is -0.497 e. The summed E-state index contributed by atoms with van der Waals surface area (Å²) in [5, 5.41) is -0.659. The van der Waals surface area contributed by atoms with Gasteiger partial charge in [-0.05, 0) is 26.0 Å². The molecule has 0 bridgehead atoms. The fourth-order valence-corrected chi connectivity index (χ4v) is 1.87. The van der Waals surface area contributed by atoms with Crippen LogP contribution in [0.15, 0.2) is 18.2 Å². The van der Waals surface area contributed by atoms with Crippen LogP contribution in [0.4, 0.5) is 0 Å². The second-order valence-electron chi connectivity index (χ2n) is 4.29. The predicted molar refractivity (Wildman–Crippen MR) is 61.7 cm³/mol. The lowest BCUT2D eigenvalue weighted by molar-refractivity contribution is 0.0642. The Morgan fingerprint density at radius 3 is 2.75 bits per heavy atom. The van der Waals surface area contributed by atoms with E-state index in [-0.39, 0.29) is 5.78 Å². The van der Waals surface area contributed by atoms with Gasteiger partial charge in [-0.3, -0.25) is 4.79 Å². The normalized spacial score (nSPS) is 22.2. The summed E-state index contributed by atoms with van der Waals surface area (Å²) in [5.74, 6) is 1.09. The van der Waals surface area contributed by atoms with Crippen molar-refractivity contribution in [2.24, 2.45) is 0 Å². The molecule has 0 aliphatic carbocycles. The van der Waals surface area contributed by atoms with E-state index in [1.807, 2.05) is 0 Å². The van der Waals surface area contributed by atoms with Gasteiger partial charge in [0, 0.05) is 6.07 Å². The molecule has 0 fully saturated rings. The number of Topliss-reactive ketones (excluding diaryl/α,β-unsaturated/α-hetero) is 1. The van der Waals surface area contributed by atoms with Gasteiger partial charge >= 0.3 is 0 Å². The number of hydrogen-bond donors (Lipinski definition) is 0. The largest absolute Gasteiger partial charge is 0.497 e. The van der Waals surface area contributed by atoms with E-state index in [2.05, 4.69) is 0 Å². The number of ether oxygens (including phenoxy) is 2. The summed E-state index contributed by atoms with van der Waals surface area (Å²) in [4.78, 5) is 12.0. The summed E-state index contributed by atoms with van der Waals surface area (Å²) in [7, 11) is 1.57. The minimum atomic E-state index is -0.696. The first-order valence-corrected chi connectivity index (χ1v) is 5.44. The van der Waals surface area contributed by atoms with Crippen molar-refractivity contribution in [1.29, 1.82) is 0 Å². The molecule has 0 N–H and O–H groups in total. The molecule has 86 valence electrons. The van der Waals surface area contributed by atoms with Crippen LogP contribution >= 0.6 is 11.6 Å². The first kappa shape index (κ1) is 11.3. The summed E-state index contributed by atoms with van der Waals surface area (Å²) >= 11 is 6.05. The number of ketones is 1. The zero-order chi connectivity index (χ0) is 11.9. The Kier molecular flexibility index (Phi) is 2.58. The molecule has 1 atom stereocenters. The smallest absolute Gasteiger partial charge is 0.188 e. The van der Waals surface area contributed by atoms with Crippen molar-refractivity contribution in [1.82, 2.24) is 0 Å². The maximum absolute atomic E-state index is 12.0. The Hall–Kier alpha value is -1.22. The van der Waals surface area contributed by atoms with Crippen LogP contribution in [0.2, 0.25) is 0 Å². The number of carbonyl (C=O) groups excluding carboxylic acids is 1. The highest BCUT2D eigenvalue weighted by Gasteiger charge is 2.42. The molecule has 2 rings (SSSR count). The molecule has 0 saturated heterocycles. The van der Waals surface area contributed by atoms with Gasteiger partial charge in [-0.25, -0.2) is 0 Å². The topological polar surface area (TPSA) is 35.5 Å². The average Bonchev–Trinajstić information content (AvgIpc) is 2.25. The van der Waals surface area contributed by atoms with Gasteiger partial charge < -0.3 is 9.47 Å². The molecular formula is C12H13ClO3. The molecule has 1 unspecified atom stereocenters. The van der Waals surface area contributed by atoms with Gasteiger partial charge in [0.1, 0.15) is 22.5 Å². The zero-order valence-electron chi connectivity index (χ0n) is 9.41. The number of halogens is 1. The molecule has 1 aliphatic heterocycles. The summed E-state index contributed by atoms with van der Waals surface area (Å²) < 4.78 is 10.8. The summed E-state index contributed by atoms with van der Waals surface area (Å²) in [6.07, 6.45) is 0. The second-order valence-corrected chi connectivity index (χ2v) is 4.73. The minimum absolute atomic E-state index is 0.101. The lowest BCUT2D eigenvalue weighted by Gasteiger charge is -2.35. The van der Waals surface area contributed by atoms with Crippen LogP contribution in [-0.4, -0.2) is 23.9 Å². The van der Waals surface area contributed by atoms with Crippen molar-refractivity contribution < 1.29 is 14.3 Å². The van der Waals surface area contributed by atoms with Crippen LogP contribution in [-0.2, 0) is 0 Å². The molecule has 1 heterocycles. The highest BCUT2D eigenvalue weighted by molar-refractivity contribution is 6.35. The maximum atomic E-state index is 12.0. The highest BCUT2D eigenvalue weighted by atomic mass is 35.5. The summed E-state index contributed by atoms with van der Waals surface area (Å²) in [6, 6.07) is 5.11. The first-order valence-electron chi connectivity index (χ1n) is 5.01. The number of rotatable bonds is 1. The number of methoxy groups -OCH3 is 1. The number of carbonyl (C=O) groups is 1. The third kappa shape index (κ3) is 1.65. The van der Waals surface area contributed by atoms with Crippen LogP contribution in [0.5, 0.6) is 11.5 Å². The molecule has 0 aromatic heterocycles. The Morgan fingerprint density at radius 2 is 2.12 bits per heavy atom. The molecule has 0 saturated carbocycles.